The minimum Gasteiger partial charge on any atom is -0.310 e. The third-order valence-corrected chi connectivity index (χ3v) is 8.07. The molecule has 0 saturated carbocycles. The second-order valence-electron chi connectivity index (χ2n) is 10.7. The highest BCUT2D eigenvalue weighted by Gasteiger charge is 2.14. The predicted molar refractivity (Wildman–Crippen MR) is 185 cm³/mol. The Balaban J connectivity index is 1.28. The summed E-state index contributed by atoms with van der Waals surface area (Å²) in [5, 5.41) is 6.66. The van der Waals surface area contributed by atoms with Gasteiger partial charge in [-0.05, 0) is 103 Å². The van der Waals surface area contributed by atoms with Gasteiger partial charge in [0.2, 0.25) is 0 Å². The van der Waals surface area contributed by atoms with Gasteiger partial charge >= 0.3 is 0 Å². The third kappa shape index (κ3) is 4.71. The molecule has 1 heteroatoms. The van der Waals surface area contributed by atoms with Crippen LogP contribution in [0.15, 0.2) is 176 Å². The Morgan fingerprint density at radius 2 is 0.907 bits per heavy atom. The molecule has 43 heavy (non-hydrogen) atoms. The third-order valence-electron chi connectivity index (χ3n) is 8.07. The summed E-state index contributed by atoms with van der Waals surface area (Å²) in [6, 6.07) is 50.1. The van der Waals surface area contributed by atoms with Gasteiger partial charge in [-0.15, -0.1) is 0 Å². The molecule has 0 atom stereocenters. The van der Waals surface area contributed by atoms with E-state index in [4.69, 9.17) is 0 Å². The van der Waals surface area contributed by atoms with E-state index in [1.54, 1.807) is 0 Å². The van der Waals surface area contributed by atoms with E-state index in [1.807, 2.05) is 102 Å². The van der Waals surface area contributed by atoms with Crippen molar-refractivity contribution >= 4 is 49.4 Å². The molecule has 0 N–H and O–H groups in total. The lowest BCUT2D eigenvalue weighted by Crippen LogP contribution is -2.09. The van der Waals surface area contributed by atoms with Crippen molar-refractivity contribution in [3.8, 4) is 22.3 Å². The fourth-order valence-electron chi connectivity index (χ4n) is 5.91. The summed E-state index contributed by atoms with van der Waals surface area (Å²) in [5.41, 5.74) is 4.68. The van der Waals surface area contributed by atoms with E-state index in [0.717, 1.165) is 49.4 Å². The molecular formula is C42H29N. The largest absolute Gasteiger partial charge is 0.310 e. The number of anilines is 3. The maximum atomic E-state index is 9.30. The number of nitrogens with zero attached hydrogens (tertiary/aromatic N) is 1. The fraction of sp³-hybridized carbons (Fsp3) is 0. The van der Waals surface area contributed by atoms with Gasteiger partial charge in [0.15, 0.2) is 0 Å². The van der Waals surface area contributed by atoms with Crippen molar-refractivity contribution in [2.45, 2.75) is 0 Å². The van der Waals surface area contributed by atoms with Crippen LogP contribution in [0.3, 0.4) is 0 Å². The molecule has 8 rings (SSSR count). The summed E-state index contributed by atoms with van der Waals surface area (Å²) < 4.78 is 37.0. The summed E-state index contributed by atoms with van der Waals surface area (Å²) in [6.45, 7) is 0. The molecule has 0 spiro atoms. The van der Waals surface area contributed by atoms with Crippen LogP contribution in [0.25, 0.3) is 54.6 Å². The maximum Gasteiger partial charge on any atom is 0.0645 e. The van der Waals surface area contributed by atoms with Gasteiger partial charge < -0.3 is 4.90 Å². The minimum absolute atomic E-state index is 0.0762. The zero-order valence-corrected chi connectivity index (χ0v) is 23.4. The van der Waals surface area contributed by atoms with E-state index in [-0.39, 0.29) is 35.4 Å². The van der Waals surface area contributed by atoms with Crippen molar-refractivity contribution in [2.24, 2.45) is 0 Å². The Morgan fingerprint density at radius 3 is 1.77 bits per heavy atom. The number of benzene rings is 8. The quantitative estimate of drug-likeness (QED) is 0.192. The summed E-state index contributed by atoms with van der Waals surface area (Å²) in [5.74, 6) is 0. The zero-order chi connectivity index (χ0) is 32.1. The molecule has 0 aliphatic rings. The summed E-state index contributed by atoms with van der Waals surface area (Å²) >= 11 is 0. The number of hydrogen-bond acceptors (Lipinski definition) is 1. The molecule has 0 aliphatic heterocycles. The first kappa shape index (κ1) is 21.1. The standard InChI is InChI=1S/C42H29N/c1-2-13-38(14-3-1)43(40-15-8-12-34(29-40)36-19-17-30-9-4-5-11-33(30)27-36)39-24-21-31(22-25-39)35-23-26-42-37(28-35)20-18-32-10-6-7-16-41(32)42/h1-29H/i21D,22D,24D,25D. The van der Waals surface area contributed by atoms with Gasteiger partial charge in [0, 0.05) is 17.1 Å². The number of hydrogen-bond donors (Lipinski definition) is 0. The topological polar surface area (TPSA) is 3.24 Å². The van der Waals surface area contributed by atoms with E-state index in [9.17, 15) is 5.48 Å². The van der Waals surface area contributed by atoms with Gasteiger partial charge in [0.1, 0.15) is 0 Å². The van der Waals surface area contributed by atoms with Crippen LogP contribution in [-0.2, 0) is 0 Å². The van der Waals surface area contributed by atoms with Crippen molar-refractivity contribution in [1.29, 1.82) is 0 Å². The molecule has 0 bridgehead atoms. The lowest BCUT2D eigenvalue weighted by Gasteiger charge is -2.26. The van der Waals surface area contributed by atoms with Gasteiger partial charge in [0.05, 0.1) is 5.48 Å². The van der Waals surface area contributed by atoms with Crippen LogP contribution in [0, 0.1) is 0 Å². The molecule has 0 aromatic heterocycles. The highest BCUT2D eigenvalue weighted by Crippen LogP contribution is 2.38. The van der Waals surface area contributed by atoms with Crippen molar-refractivity contribution in [3.63, 3.8) is 0 Å². The van der Waals surface area contributed by atoms with E-state index in [2.05, 4.69) is 54.6 Å². The minimum atomic E-state index is -0.0976. The summed E-state index contributed by atoms with van der Waals surface area (Å²) in [7, 11) is 0. The Kier molecular flexibility index (Phi) is 5.22. The zero-order valence-electron chi connectivity index (χ0n) is 27.4. The first-order valence-corrected chi connectivity index (χ1v) is 14.4. The second kappa shape index (κ2) is 10.6. The second-order valence-corrected chi connectivity index (χ2v) is 10.7. The highest BCUT2D eigenvalue weighted by atomic mass is 15.1. The van der Waals surface area contributed by atoms with Gasteiger partial charge in [-0.25, -0.2) is 0 Å². The molecule has 202 valence electrons. The molecule has 8 aromatic carbocycles. The SMILES string of the molecule is [2H]c1c([2H])c(N(c2ccccc2)c2cccc(-c3ccc4ccccc4c3)c2)c([2H])c([2H])c1-c1ccc2c(ccc3ccccc32)c1. The molecule has 1 nitrogen and oxygen atoms in total. The average molecular weight is 552 g/mol. The fourth-order valence-corrected chi connectivity index (χ4v) is 5.91. The van der Waals surface area contributed by atoms with Crippen molar-refractivity contribution < 1.29 is 5.48 Å². The van der Waals surface area contributed by atoms with E-state index in [1.165, 1.54) is 5.39 Å². The van der Waals surface area contributed by atoms with Crippen LogP contribution < -0.4 is 4.90 Å². The van der Waals surface area contributed by atoms with Crippen LogP contribution in [0.1, 0.15) is 5.48 Å². The molecule has 0 radical (unpaired) electrons. The van der Waals surface area contributed by atoms with Gasteiger partial charge in [-0.2, -0.15) is 0 Å². The molecule has 8 aromatic rings. The number of rotatable bonds is 5. The lowest BCUT2D eigenvalue weighted by molar-refractivity contribution is 1.28. The Hall–Kier alpha value is -5.66. The van der Waals surface area contributed by atoms with Crippen molar-refractivity contribution in [2.75, 3.05) is 4.90 Å². The normalized spacial score (nSPS) is 12.6. The first-order chi connectivity index (χ1) is 23.0. The van der Waals surface area contributed by atoms with Crippen LogP contribution >= 0.6 is 0 Å². The monoisotopic (exact) mass is 551 g/mol. The molecule has 0 fully saturated rings. The van der Waals surface area contributed by atoms with E-state index >= 15 is 0 Å². The Morgan fingerprint density at radius 1 is 0.326 bits per heavy atom. The van der Waals surface area contributed by atoms with Crippen LogP contribution in [0.2, 0.25) is 0 Å². The van der Waals surface area contributed by atoms with Crippen molar-refractivity contribution in [1.82, 2.24) is 0 Å². The smallest absolute Gasteiger partial charge is 0.0645 e. The number of fused-ring (bicyclic) bond motifs is 4. The average Bonchev–Trinajstić information content (AvgIpc) is 3.12. The van der Waals surface area contributed by atoms with Gasteiger partial charge in [0.25, 0.3) is 0 Å². The predicted octanol–water partition coefficient (Wildman–Crippen LogP) is 11.9. The Labute approximate surface area is 257 Å². The maximum absolute atomic E-state index is 9.30. The van der Waals surface area contributed by atoms with E-state index in [0.29, 0.717) is 5.56 Å². The highest BCUT2D eigenvalue weighted by molar-refractivity contribution is 6.08. The summed E-state index contributed by atoms with van der Waals surface area (Å²) in [6.07, 6.45) is 0. The van der Waals surface area contributed by atoms with Gasteiger partial charge in [-0.3, -0.25) is 0 Å². The molecule has 0 amide bonds. The molecule has 0 saturated heterocycles. The van der Waals surface area contributed by atoms with E-state index < -0.39 is 0 Å². The Bertz CT molecular complexity index is 2440. The molecule has 0 heterocycles. The molecule has 0 aliphatic carbocycles. The van der Waals surface area contributed by atoms with Crippen LogP contribution in [0.4, 0.5) is 17.1 Å². The molecular weight excluding hydrogens is 518 g/mol. The van der Waals surface area contributed by atoms with Crippen LogP contribution in [0.5, 0.6) is 0 Å². The van der Waals surface area contributed by atoms with Crippen molar-refractivity contribution in [3.05, 3.63) is 176 Å². The van der Waals surface area contributed by atoms with Gasteiger partial charge in [-0.1, -0.05) is 127 Å². The summed E-state index contributed by atoms with van der Waals surface area (Å²) in [4.78, 5) is 1.83. The number of para-hydroxylation sites is 1. The van der Waals surface area contributed by atoms with Crippen LogP contribution in [-0.4, -0.2) is 0 Å². The molecule has 0 unspecified atom stereocenters. The lowest BCUT2D eigenvalue weighted by atomic mass is 9.97. The first-order valence-electron chi connectivity index (χ1n) is 16.4.